The second-order valence-electron chi connectivity index (χ2n) is 3.52. The van der Waals surface area contributed by atoms with E-state index in [2.05, 4.69) is 29.4 Å². The number of hydrogen-bond donors (Lipinski definition) is 1. The third-order valence-corrected chi connectivity index (χ3v) is 2.55. The van der Waals surface area contributed by atoms with Crippen LogP contribution in [0, 0.1) is 5.92 Å². The van der Waals surface area contributed by atoms with Gasteiger partial charge in [0.15, 0.2) is 0 Å². The molecule has 0 aliphatic carbocycles. The standard InChI is InChI=1S/C11H17N3O/c1-3-9(4-2)7-12-11(15)10-5-6-13-14-8-10/h5-6,8-9H,3-4,7H2,1-2H3,(H,12,15). The summed E-state index contributed by atoms with van der Waals surface area (Å²) in [7, 11) is 0. The molecule has 4 nitrogen and oxygen atoms in total. The third-order valence-electron chi connectivity index (χ3n) is 2.55. The number of rotatable bonds is 5. The van der Waals surface area contributed by atoms with Gasteiger partial charge in [0.25, 0.3) is 5.91 Å². The van der Waals surface area contributed by atoms with Crippen molar-refractivity contribution in [1.29, 1.82) is 0 Å². The van der Waals surface area contributed by atoms with Crippen molar-refractivity contribution >= 4 is 5.91 Å². The van der Waals surface area contributed by atoms with Gasteiger partial charge in [0.2, 0.25) is 0 Å². The molecular formula is C11H17N3O. The summed E-state index contributed by atoms with van der Waals surface area (Å²) >= 11 is 0. The molecule has 1 rings (SSSR count). The van der Waals surface area contributed by atoms with Crippen LogP contribution in [0.15, 0.2) is 18.5 Å². The van der Waals surface area contributed by atoms with E-state index in [1.165, 1.54) is 12.4 Å². The molecule has 1 amide bonds. The summed E-state index contributed by atoms with van der Waals surface area (Å²) in [5.41, 5.74) is 0.566. The first-order valence-electron chi connectivity index (χ1n) is 5.32. The Morgan fingerprint density at radius 1 is 1.40 bits per heavy atom. The van der Waals surface area contributed by atoms with Crippen molar-refractivity contribution in [2.24, 2.45) is 5.92 Å². The van der Waals surface area contributed by atoms with Crippen LogP contribution in [-0.2, 0) is 0 Å². The number of hydrogen-bond acceptors (Lipinski definition) is 3. The van der Waals surface area contributed by atoms with E-state index in [0.29, 0.717) is 11.5 Å². The van der Waals surface area contributed by atoms with E-state index in [-0.39, 0.29) is 5.91 Å². The number of nitrogens with one attached hydrogen (secondary N) is 1. The van der Waals surface area contributed by atoms with Crippen LogP contribution < -0.4 is 5.32 Å². The van der Waals surface area contributed by atoms with Gasteiger partial charge in [-0.3, -0.25) is 4.79 Å². The average Bonchev–Trinajstić information content (AvgIpc) is 2.31. The van der Waals surface area contributed by atoms with Crippen molar-refractivity contribution in [3.05, 3.63) is 24.0 Å². The Kier molecular flexibility index (Phi) is 4.74. The maximum Gasteiger partial charge on any atom is 0.252 e. The van der Waals surface area contributed by atoms with Gasteiger partial charge in [0, 0.05) is 6.54 Å². The van der Waals surface area contributed by atoms with Crippen LogP contribution in [0.4, 0.5) is 0 Å². The average molecular weight is 207 g/mol. The zero-order valence-corrected chi connectivity index (χ0v) is 9.23. The Morgan fingerprint density at radius 3 is 2.67 bits per heavy atom. The van der Waals surface area contributed by atoms with Crippen LogP contribution in [0.5, 0.6) is 0 Å². The highest BCUT2D eigenvalue weighted by Gasteiger charge is 2.08. The van der Waals surface area contributed by atoms with E-state index in [1.54, 1.807) is 6.07 Å². The normalized spacial score (nSPS) is 10.3. The van der Waals surface area contributed by atoms with Crippen LogP contribution in [0.2, 0.25) is 0 Å². The quantitative estimate of drug-likeness (QED) is 0.798. The highest BCUT2D eigenvalue weighted by Crippen LogP contribution is 2.05. The lowest BCUT2D eigenvalue weighted by Crippen LogP contribution is -2.28. The largest absolute Gasteiger partial charge is 0.352 e. The van der Waals surface area contributed by atoms with Crippen molar-refractivity contribution in [1.82, 2.24) is 15.5 Å². The smallest absolute Gasteiger partial charge is 0.252 e. The van der Waals surface area contributed by atoms with Gasteiger partial charge < -0.3 is 5.32 Å². The second-order valence-corrected chi connectivity index (χ2v) is 3.52. The van der Waals surface area contributed by atoms with Crippen molar-refractivity contribution in [2.75, 3.05) is 6.54 Å². The summed E-state index contributed by atoms with van der Waals surface area (Å²) in [5.74, 6) is 0.487. The fraction of sp³-hybridized carbons (Fsp3) is 0.545. The zero-order chi connectivity index (χ0) is 11.1. The molecule has 0 aliphatic heterocycles. The predicted octanol–water partition coefficient (Wildman–Crippen LogP) is 1.64. The van der Waals surface area contributed by atoms with E-state index in [4.69, 9.17) is 0 Å². The van der Waals surface area contributed by atoms with Crippen LogP contribution in [0.25, 0.3) is 0 Å². The molecule has 0 atom stereocenters. The molecule has 0 radical (unpaired) electrons. The molecule has 0 saturated carbocycles. The van der Waals surface area contributed by atoms with Gasteiger partial charge in [-0.25, -0.2) is 0 Å². The molecule has 0 aromatic carbocycles. The third kappa shape index (κ3) is 3.65. The number of amides is 1. The van der Waals surface area contributed by atoms with Crippen molar-refractivity contribution in [3.63, 3.8) is 0 Å². The Balaban J connectivity index is 2.43. The number of nitrogens with zero attached hydrogens (tertiary/aromatic N) is 2. The lowest BCUT2D eigenvalue weighted by atomic mass is 10.0. The van der Waals surface area contributed by atoms with Crippen LogP contribution in [-0.4, -0.2) is 22.6 Å². The highest BCUT2D eigenvalue weighted by molar-refractivity contribution is 5.93. The lowest BCUT2D eigenvalue weighted by molar-refractivity contribution is 0.0946. The minimum Gasteiger partial charge on any atom is -0.352 e. The summed E-state index contributed by atoms with van der Waals surface area (Å²) in [5, 5.41) is 10.2. The molecule has 1 heterocycles. The Labute approximate surface area is 90.1 Å². The van der Waals surface area contributed by atoms with Crippen LogP contribution >= 0.6 is 0 Å². The zero-order valence-electron chi connectivity index (χ0n) is 9.23. The molecule has 82 valence electrons. The van der Waals surface area contributed by atoms with Crippen LogP contribution in [0.1, 0.15) is 37.0 Å². The summed E-state index contributed by atoms with van der Waals surface area (Å²) < 4.78 is 0. The van der Waals surface area contributed by atoms with Gasteiger partial charge in [-0.1, -0.05) is 26.7 Å². The Bertz CT molecular complexity index is 296. The summed E-state index contributed by atoms with van der Waals surface area (Å²) in [6.45, 7) is 5.00. The fourth-order valence-corrected chi connectivity index (χ4v) is 1.34. The van der Waals surface area contributed by atoms with E-state index in [0.717, 1.165) is 19.4 Å². The topological polar surface area (TPSA) is 54.9 Å². The molecule has 0 spiro atoms. The number of carbonyl (C=O) groups excluding carboxylic acids is 1. The van der Waals surface area contributed by atoms with E-state index < -0.39 is 0 Å². The molecule has 0 aliphatic rings. The molecular weight excluding hydrogens is 190 g/mol. The van der Waals surface area contributed by atoms with Gasteiger partial charge in [-0.15, -0.1) is 0 Å². The number of aromatic nitrogens is 2. The molecule has 0 saturated heterocycles. The molecule has 4 heteroatoms. The first-order chi connectivity index (χ1) is 7.27. The Hall–Kier alpha value is -1.45. The van der Waals surface area contributed by atoms with Gasteiger partial charge >= 0.3 is 0 Å². The summed E-state index contributed by atoms with van der Waals surface area (Å²) in [6, 6.07) is 1.66. The van der Waals surface area contributed by atoms with E-state index in [9.17, 15) is 4.79 Å². The predicted molar refractivity (Wildman–Crippen MR) is 58.4 cm³/mol. The molecule has 1 aromatic rings. The SMILES string of the molecule is CCC(CC)CNC(=O)c1ccnnc1. The first kappa shape index (κ1) is 11.6. The van der Waals surface area contributed by atoms with Gasteiger partial charge in [-0.2, -0.15) is 10.2 Å². The second kappa shape index (κ2) is 6.11. The maximum absolute atomic E-state index is 11.6. The first-order valence-corrected chi connectivity index (χ1v) is 5.32. The monoisotopic (exact) mass is 207 g/mol. The van der Waals surface area contributed by atoms with Gasteiger partial charge in [0.05, 0.1) is 18.0 Å². The highest BCUT2D eigenvalue weighted by atomic mass is 16.1. The van der Waals surface area contributed by atoms with Crippen LogP contribution in [0.3, 0.4) is 0 Å². The maximum atomic E-state index is 11.6. The Morgan fingerprint density at radius 2 is 2.13 bits per heavy atom. The fourth-order valence-electron chi connectivity index (χ4n) is 1.34. The van der Waals surface area contributed by atoms with Gasteiger partial charge in [0.1, 0.15) is 0 Å². The number of carbonyl (C=O) groups is 1. The summed E-state index contributed by atoms with van der Waals surface area (Å²) in [4.78, 5) is 11.6. The molecule has 0 fully saturated rings. The minimum absolute atomic E-state index is 0.0724. The van der Waals surface area contributed by atoms with Gasteiger partial charge in [-0.05, 0) is 12.0 Å². The summed E-state index contributed by atoms with van der Waals surface area (Å²) in [6.07, 6.45) is 5.17. The molecule has 1 N–H and O–H groups in total. The molecule has 15 heavy (non-hydrogen) atoms. The molecule has 0 bridgehead atoms. The van der Waals surface area contributed by atoms with Crippen molar-refractivity contribution in [3.8, 4) is 0 Å². The molecule has 0 unspecified atom stereocenters. The molecule has 1 aromatic heterocycles. The minimum atomic E-state index is -0.0724. The van der Waals surface area contributed by atoms with Crippen molar-refractivity contribution < 1.29 is 4.79 Å². The van der Waals surface area contributed by atoms with E-state index >= 15 is 0 Å². The van der Waals surface area contributed by atoms with E-state index in [1.807, 2.05) is 0 Å². The van der Waals surface area contributed by atoms with Crippen molar-refractivity contribution in [2.45, 2.75) is 26.7 Å². The lowest BCUT2D eigenvalue weighted by Gasteiger charge is -2.12.